The van der Waals surface area contributed by atoms with Crippen LogP contribution in [0, 0.1) is 11.7 Å². The number of imide groups is 1. The standard InChI is InChI=1S/C23H30FN3O3/c1-25(2)9-10-26-20(28)13-23(22(26)30,17-6-4-7-18(24)12-17)14-21(29)27-15-16-5-3-8-19(27)11-16/h4,6-7,12,16,19H,3,5,8-11,13-15H2,1-2H3/t16-,19-,23-/m1/s1. The monoisotopic (exact) mass is 415 g/mol. The maximum atomic E-state index is 14.1. The first-order valence-electron chi connectivity index (χ1n) is 10.9. The van der Waals surface area contributed by atoms with Gasteiger partial charge in [-0.05, 0) is 57.0 Å². The minimum Gasteiger partial charge on any atom is -0.339 e. The van der Waals surface area contributed by atoms with Gasteiger partial charge in [-0.25, -0.2) is 4.39 Å². The first-order chi connectivity index (χ1) is 14.3. The van der Waals surface area contributed by atoms with Gasteiger partial charge in [-0.1, -0.05) is 18.6 Å². The van der Waals surface area contributed by atoms with E-state index >= 15 is 0 Å². The Kier molecular flexibility index (Phi) is 5.66. The molecule has 0 spiro atoms. The van der Waals surface area contributed by atoms with Crippen molar-refractivity contribution in [3.8, 4) is 0 Å². The highest BCUT2D eigenvalue weighted by atomic mass is 19.1. The molecule has 0 N–H and O–H groups in total. The molecule has 2 heterocycles. The number of benzene rings is 1. The quantitative estimate of drug-likeness (QED) is 0.668. The van der Waals surface area contributed by atoms with E-state index in [1.807, 2.05) is 23.9 Å². The molecule has 0 unspecified atom stereocenters. The molecule has 162 valence electrons. The zero-order chi connectivity index (χ0) is 21.5. The highest BCUT2D eigenvalue weighted by molar-refractivity contribution is 6.10. The molecule has 30 heavy (non-hydrogen) atoms. The molecule has 3 fully saturated rings. The Morgan fingerprint density at radius 1 is 1.27 bits per heavy atom. The predicted octanol–water partition coefficient (Wildman–Crippen LogP) is 2.18. The van der Waals surface area contributed by atoms with E-state index in [4.69, 9.17) is 0 Å². The topological polar surface area (TPSA) is 60.9 Å². The van der Waals surface area contributed by atoms with E-state index in [0.717, 1.165) is 32.2 Å². The van der Waals surface area contributed by atoms with Gasteiger partial charge in [-0.3, -0.25) is 19.3 Å². The first kappa shape index (κ1) is 21.0. The third-order valence-electron chi connectivity index (χ3n) is 6.98. The van der Waals surface area contributed by atoms with Crippen molar-refractivity contribution in [2.75, 3.05) is 33.7 Å². The molecule has 2 aliphatic heterocycles. The summed E-state index contributed by atoms with van der Waals surface area (Å²) in [6, 6.07) is 6.06. The van der Waals surface area contributed by atoms with E-state index < -0.39 is 11.2 Å². The lowest BCUT2D eigenvalue weighted by Crippen LogP contribution is -2.45. The molecule has 6 nitrogen and oxygen atoms in total. The third kappa shape index (κ3) is 3.75. The second-order valence-electron chi connectivity index (χ2n) is 9.33. The molecule has 1 saturated carbocycles. The molecule has 0 radical (unpaired) electrons. The van der Waals surface area contributed by atoms with E-state index in [1.165, 1.54) is 17.0 Å². The van der Waals surface area contributed by atoms with Gasteiger partial charge in [0.25, 0.3) is 0 Å². The van der Waals surface area contributed by atoms with E-state index in [-0.39, 0.29) is 43.1 Å². The molecule has 3 amide bonds. The van der Waals surface area contributed by atoms with Gasteiger partial charge in [0.2, 0.25) is 17.7 Å². The fourth-order valence-electron chi connectivity index (χ4n) is 5.38. The number of rotatable bonds is 6. The van der Waals surface area contributed by atoms with Crippen molar-refractivity contribution in [1.82, 2.24) is 14.7 Å². The first-order valence-corrected chi connectivity index (χ1v) is 10.9. The Morgan fingerprint density at radius 3 is 2.77 bits per heavy atom. The van der Waals surface area contributed by atoms with E-state index in [9.17, 15) is 18.8 Å². The number of hydrogen-bond acceptors (Lipinski definition) is 4. The highest BCUT2D eigenvalue weighted by Gasteiger charge is 2.54. The molecular weight excluding hydrogens is 385 g/mol. The summed E-state index contributed by atoms with van der Waals surface area (Å²) in [5.41, 5.74) is -0.900. The van der Waals surface area contributed by atoms with Crippen molar-refractivity contribution in [2.45, 2.75) is 50.0 Å². The van der Waals surface area contributed by atoms with Crippen molar-refractivity contribution in [3.63, 3.8) is 0 Å². The van der Waals surface area contributed by atoms with Gasteiger partial charge in [0.15, 0.2) is 0 Å². The minimum absolute atomic E-state index is 0.0806. The van der Waals surface area contributed by atoms with Crippen LogP contribution in [-0.2, 0) is 19.8 Å². The van der Waals surface area contributed by atoms with Crippen LogP contribution in [0.1, 0.15) is 44.1 Å². The molecule has 1 aliphatic carbocycles. The Morgan fingerprint density at radius 2 is 2.07 bits per heavy atom. The summed E-state index contributed by atoms with van der Waals surface area (Å²) in [6.45, 7) is 1.54. The van der Waals surface area contributed by atoms with Crippen molar-refractivity contribution in [3.05, 3.63) is 35.6 Å². The van der Waals surface area contributed by atoms with Gasteiger partial charge < -0.3 is 9.80 Å². The predicted molar refractivity (Wildman–Crippen MR) is 110 cm³/mol. The molecule has 7 heteroatoms. The van der Waals surface area contributed by atoms with Crippen LogP contribution in [0.2, 0.25) is 0 Å². The van der Waals surface area contributed by atoms with Gasteiger partial charge >= 0.3 is 0 Å². The fourth-order valence-corrected chi connectivity index (χ4v) is 5.38. The molecule has 1 aromatic rings. The second kappa shape index (κ2) is 8.10. The molecule has 3 aliphatic rings. The van der Waals surface area contributed by atoms with Crippen molar-refractivity contribution >= 4 is 17.7 Å². The second-order valence-corrected chi connectivity index (χ2v) is 9.33. The fraction of sp³-hybridized carbons (Fsp3) is 0.609. The number of amides is 3. The number of nitrogens with zero attached hydrogens (tertiary/aromatic N) is 3. The van der Waals surface area contributed by atoms with E-state index in [0.29, 0.717) is 18.0 Å². The lowest BCUT2D eigenvalue weighted by atomic mass is 9.75. The van der Waals surface area contributed by atoms with E-state index in [1.54, 1.807) is 12.1 Å². The van der Waals surface area contributed by atoms with Gasteiger partial charge in [0.1, 0.15) is 5.82 Å². The number of fused-ring (bicyclic) bond motifs is 2. The average Bonchev–Trinajstić information content (AvgIpc) is 3.13. The number of hydrogen-bond donors (Lipinski definition) is 0. The molecule has 0 aromatic heterocycles. The summed E-state index contributed by atoms with van der Waals surface area (Å²) in [4.78, 5) is 44.8. The Labute approximate surface area is 177 Å². The smallest absolute Gasteiger partial charge is 0.240 e. The lowest BCUT2D eigenvalue weighted by Gasteiger charge is -2.31. The summed E-state index contributed by atoms with van der Waals surface area (Å²) in [5.74, 6) is -0.697. The average molecular weight is 416 g/mol. The molecule has 3 atom stereocenters. The molecule has 4 rings (SSSR count). The third-order valence-corrected chi connectivity index (χ3v) is 6.98. The van der Waals surface area contributed by atoms with Crippen LogP contribution in [0.3, 0.4) is 0 Å². The normalized spacial score (nSPS) is 28.7. The zero-order valence-corrected chi connectivity index (χ0v) is 17.8. The van der Waals surface area contributed by atoms with Gasteiger partial charge in [0.05, 0.1) is 5.41 Å². The molecule has 2 bridgehead atoms. The zero-order valence-electron chi connectivity index (χ0n) is 17.8. The Hall–Kier alpha value is -2.28. The van der Waals surface area contributed by atoms with Gasteiger partial charge in [-0.2, -0.15) is 0 Å². The molecule has 1 aromatic carbocycles. The SMILES string of the molecule is CN(C)CCN1C(=O)C[C@@](CC(=O)N2C[C@@H]3CCC[C@@H]2C3)(c2cccc(F)c2)C1=O. The molecular formula is C23H30FN3O3. The lowest BCUT2D eigenvalue weighted by molar-refractivity contribution is -0.143. The van der Waals surface area contributed by atoms with Crippen LogP contribution in [0.4, 0.5) is 4.39 Å². The Balaban J connectivity index is 1.64. The number of halogens is 1. The Bertz CT molecular complexity index is 858. The molecule has 2 saturated heterocycles. The summed E-state index contributed by atoms with van der Waals surface area (Å²) in [6.07, 6.45) is 4.13. The summed E-state index contributed by atoms with van der Waals surface area (Å²) >= 11 is 0. The van der Waals surface area contributed by atoms with Crippen LogP contribution in [0.15, 0.2) is 24.3 Å². The van der Waals surface area contributed by atoms with Crippen molar-refractivity contribution in [2.24, 2.45) is 5.92 Å². The van der Waals surface area contributed by atoms with Crippen LogP contribution >= 0.6 is 0 Å². The van der Waals surface area contributed by atoms with Crippen LogP contribution in [0.25, 0.3) is 0 Å². The van der Waals surface area contributed by atoms with Gasteiger partial charge in [0, 0.05) is 38.5 Å². The summed E-state index contributed by atoms with van der Waals surface area (Å²) < 4.78 is 14.1. The number of likely N-dealkylation sites (tertiary alicyclic amines) is 2. The number of carbonyl (C=O) groups excluding carboxylic acids is 3. The number of likely N-dealkylation sites (N-methyl/N-ethyl adjacent to an activating group) is 1. The maximum Gasteiger partial charge on any atom is 0.240 e. The highest BCUT2D eigenvalue weighted by Crippen LogP contribution is 2.42. The van der Waals surface area contributed by atoms with Gasteiger partial charge in [-0.15, -0.1) is 0 Å². The summed E-state index contributed by atoms with van der Waals surface area (Å²) in [5, 5.41) is 0. The largest absolute Gasteiger partial charge is 0.339 e. The van der Waals surface area contributed by atoms with Crippen molar-refractivity contribution in [1.29, 1.82) is 0 Å². The minimum atomic E-state index is -1.32. The van der Waals surface area contributed by atoms with Crippen molar-refractivity contribution < 1.29 is 18.8 Å². The maximum absolute atomic E-state index is 14.1. The van der Waals surface area contributed by atoms with Crippen LogP contribution < -0.4 is 0 Å². The van der Waals surface area contributed by atoms with E-state index in [2.05, 4.69) is 0 Å². The summed E-state index contributed by atoms with van der Waals surface area (Å²) in [7, 11) is 3.75. The number of carbonyl (C=O) groups is 3. The van der Waals surface area contributed by atoms with Crippen LogP contribution in [-0.4, -0.2) is 72.2 Å². The van der Waals surface area contributed by atoms with Crippen LogP contribution in [0.5, 0.6) is 0 Å².